The molecule has 0 bridgehead atoms. The van der Waals surface area contributed by atoms with Gasteiger partial charge in [0, 0.05) is 12.5 Å². The molecule has 122 valence electrons. The molecular formula is C19H29NO2. The van der Waals surface area contributed by atoms with E-state index >= 15 is 0 Å². The lowest BCUT2D eigenvalue weighted by molar-refractivity contribution is -0.118. The van der Waals surface area contributed by atoms with Crippen LogP contribution in [0.3, 0.4) is 0 Å². The van der Waals surface area contributed by atoms with E-state index in [0.717, 1.165) is 30.7 Å². The van der Waals surface area contributed by atoms with E-state index in [2.05, 4.69) is 11.8 Å². The maximum absolute atomic E-state index is 12.4. The number of unbranched alkanes of at least 4 members (excludes halogenated alkanes) is 2. The van der Waals surface area contributed by atoms with Crippen LogP contribution in [-0.4, -0.2) is 38.4 Å². The molecule has 0 aliphatic heterocycles. The topological polar surface area (TPSA) is 29.5 Å². The lowest BCUT2D eigenvalue weighted by Crippen LogP contribution is -2.27. The SMILES string of the molecule is CCCCC[C@@H](CN(C)C)C(=O)/C=C/c1ccc(OC)cc1. The molecule has 0 fully saturated rings. The number of ether oxygens (including phenoxy) is 1. The Hall–Kier alpha value is -1.61. The molecule has 0 heterocycles. The lowest BCUT2D eigenvalue weighted by Gasteiger charge is -2.18. The normalized spacial score (nSPS) is 12.8. The number of rotatable bonds is 10. The van der Waals surface area contributed by atoms with Gasteiger partial charge in [0.05, 0.1) is 7.11 Å². The number of carbonyl (C=O) groups is 1. The van der Waals surface area contributed by atoms with Gasteiger partial charge in [-0.05, 0) is 44.3 Å². The first kappa shape index (κ1) is 18.4. The van der Waals surface area contributed by atoms with Gasteiger partial charge in [-0.15, -0.1) is 0 Å². The number of benzene rings is 1. The molecule has 0 N–H and O–H groups in total. The molecule has 0 saturated carbocycles. The number of carbonyl (C=O) groups excluding carboxylic acids is 1. The molecule has 0 aliphatic rings. The number of ketones is 1. The van der Waals surface area contributed by atoms with Gasteiger partial charge in [-0.2, -0.15) is 0 Å². The van der Waals surface area contributed by atoms with E-state index in [4.69, 9.17) is 4.74 Å². The van der Waals surface area contributed by atoms with Crippen LogP contribution >= 0.6 is 0 Å². The summed E-state index contributed by atoms with van der Waals surface area (Å²) in [5.41, 5.74) is 1.02. The van der Waals surface area contributed by atoms with Crippen LogP contribution in [0.25, 0.3) is 6.08 Å². The van der Waals surface area contributed by atoms with Gasteiger partial charge >= 0.3 is 0 Å². The second-order valence-corrected chi connectivity index (χ2v) is 5.96. The predicted octanol–water partition coefficient (Wildman–Crippen LogP) is 4.04. The van der Waals surface area contributed by atoms with Crippen molar-refractivity contribution in [2.75, 3.05) is 27.7 Å². The molecule has 0 radical (unpaired) electrons. The molecule has 0 amide bonds. The van der Waals surface area contributed by atoms with Crippen LogP contribution in [0.5, 0.6) is 5.75 Å². The third kappa shape index (κ3) is 6.90. The smallest absolute Gasteiger partial charge is 0.160 e. The zero-order valence-corrected chi connectivity index (χ0v) is 14.3. The van der Waals surface area contributed by atoms with E-state index in [1.807, 2.05) is 44.4 Å². The minimum absolute atomic E-state index is 0.0936. The fraction of sp³-hybridized carbons (Fsp3) is 0.526. The maximum atomic E-state index is 12.4. The predicted molar refractivity (Wildman–Crippen MR) is 93.2 cm³/mol. The molecule has 3 heteroatoms. The van der Waals surface area contributed by atoms with Gasteiger partial charge in [0.1, 0.15) is 5.75 Å². The quantitative estimate of drug-likeness (QED) is 0.483. The van der Waals surface area contributed by atoms with Crippen molar-refractivity contribution in [3.8, 4) is 5.75 Å². The molecular weight excluding hydrogens is 274 g/mol. The minimum Gasteiger partial charge on any atom is -0.497 e. The van der Waals surface area contributed by atoms with Gasteiger partial charge in [0.15, 0.2) is 5.78 Å². The molecule has 0 unspecified atom stereocenters. The van der Waals surface area contributed by atoms with Gasteiger partial charge in [0.2, 0.25) is 0 Å². The molecule has 0 spiro atoms. The maximum Gasteiger partial charge on any atom is 0.160 e. The Kier molecular flexibility index (Phi) is 8.53. The first-order valence-corrected chi connectivity index (χ1v) is 8.07. The Balaban J connectivity index is 2.64. The van der Waals surface area contributed by atoms with Crippen molar-refractivity contribution < 1.29 is 9.53 Å². The van der Waals surface area contributed by atoms with E-state index < -0.39 is 0 Å². The lowest BCUT2D eigenvalue weighted by atomic mass is 9.95. The summed E-state index contributed by atoms with van der Waals surface area (Å²) in [4.78, 5) is 14.5. The Bertz CT molecular complexity index is 463. The van der Waals surface area contributed by atoms with Crippen LogP contribution in [0.15, 0.2) is 30.3 Å². The summed E-state index contributed by atoms with van der Waals surface area (Å²) < 4.78 is 5.14. The second-order valence-electron chi connectivity index (χ2n) is 5.96. The summed E-state index contributed by atoms with van der Waals surface area (Å²) in [6, 6.07) is 7.73. The monoisotopic (exact) mass is 303 g/mol. The molecule has 0 saturated heterocycles. The van der Waals surface area contributed by atoms with Gasteiger partial charge in [-0.3, -0.25) is 4.79 Å². The Morgan fingerprint density at radius 1 is 1.23 bits per heavy atom. The number of nitrogens with zero attached hydrogens (tertiary/aromatic N) is 1. The highest BCUT2D eigenvalue weighted by atomic mass is 16.5. The van der Waals surface area contributed by atoms with Crippen LogP contribution in [0, 0.1) is 5.92 Å². The van der Waals surface area contributed by atoms with E-state index in [9.17, 15) is 4.79 Å². The van der Waals surface area contributed by atoms with Crippen molar-refractivity contribution in [3.63, 3.8) is 0 Å². The van der Waals surface area contributed by atoms with E-state index in [1.165, 1.54) is 12.8 Å². The van der Waals surface area contributed by atoms with Crippen molar-refractivity contribution in [2.45, 2.75) is 32.6 Å². The zero-order valence-electron chi connectivity index (χ0n) is 14.3. The van der Waals surface area contributed by atoms with Crippen molar-refractivity contribution in [3.05, 3.63) is 35.9 Å². The first-order valence-electron chi connectivity index (χ1n) is 8.07. The molecule has 1 aromatic carbocycles. The highest BCUT2D eigenvalue weighted by Gasteiger charge is 2.16. The summed E-state index contributed by atoms with van der Waals surface area (Å²) >= 11 is 0. The van der Waals surface area contributed by atoms with Crippen LogP contribution in [0.1, 0.15) is 38.2 Å². The third-order valence-electron chi connectivity index (χ3n) is 3.70. The van der Waals surface area contributed by atoms with E-state index in [0.29, 0.717) is 0 Å². The summed E-state index contributed by atoms with van der Waals surface area (Å²) in [6.07, 6.45) is 8.09. The largest absolute Gasteiger partial charge is 0.497 e. The van der Waals surface area contributed by atoms with Gasteiger partial charge in [-0.25, -0.2) is 0 Å². The van der Waals surface area contributed by atoms with Gasteiger partial charge in [-0.1, -0.05) is 44.4 Å². The summed E-state index contributed by atoms with van der Waals surface area (Å²) in [7, 11) is 5.69. The molecule has 1 atom stereocenters. The Morgan fingerprint density at radius 3 is 2.45 bits per heavy atom. The highest BCUT2D eigenvalue weighted by molar-refractivity contribution is 5.95. The number of hydrogen-bond donors (Lipinski definition) is 0. The summed E-state index contributed by atoms with van der Waals surface area (Å²) in [5, 5.41) is 0. The average Bonchev–Trinajstić information content (AvgIpc) is 2.52. The van der Waals surface area contributed by atoms with Crippen LogP contribution < -0.4 is 4.74 Å². The molecule has 22 heavy (non-hydrogen) atoms. The standard InChI is InChI=1S/C19H29NO2/c1-5-6-7-8-17(15-20(2)3)19(21)14-11-16-9-12-18(22-4)13-10-16/h9-14,17H,5-8,15H2,1-4H3/b14-11+/t17-/m0/s1. The molecule has 3 nitrogen and oxygen atoms in total. The van der Waals surface area contributed by atoms with E-state index in [-0.39, 0.29) is 11.7 Å². The van der Waals surface area contributed by atoms with Crippen LogP contribution in [0.4, 0.5) is 0 Å². The highest BCUT2D eigenvalue weighted by Crippen LogP contribution is 2.15. The first-order chi connectivity index (χ1) is 10.6. The van der Waals surface area contributed by atoms with Gasteiger partial charge in [0.25, 0.3) is 0 Å². The average molecular weight is 303 g/mol. The molecule has 1 aromatic rings. The number of hydrogen-bond acceptors (Lipinski definition) is 3. The van der Waals surface area contributed by atoms with Crippen molar-refractivity contribution >= 4 is 11.9 Å². The summed E-state index contributed by atoms with van der Waals surface area (Å²) in [5.74, 6) is 1.14. The Labute approximate surface area is 135 Å². The van der Waals surface area contributed by atoms with E-state index in [1.54, 1.807) is 13.2 Å². The van der Waals surface area contributed by atoms with Crippen molar-refractivity contribution in [1.29, 1.82) is 0 Å². The number of allylic oxidation sites excluding steroid dienone is 1. The van der Waals surface area contributed by atoms with Crippen LogP contribution in [-0.2, 0) is 4.79 Å². The Morgan fingerprint density at radius 2 is 1.91 bits per heavy atom. The zero-order chi connectivity index (χ0) is 16.4. The van der Waals surface area contributed by atoms with Gasteiger partial charge < -0.3 is 9.64 Å². The summed E-state index contributed by atoms with van der Waals surface area (Å²) in [6.45, 7) is 3.00. The van der Waals surface area contributed by atoms with Crippen LogP contribution in [0.2, 0.25) is 0 Å². The minimum atomic E-state index is 0.0936. The third-order valence-corrected chi connectivity index (χ3v) is 3.70. The number of methoxy groups -OCH3 is 1. The van der Waals surface area contributed by atoms with Crippen molar-refractivity contribution in [2.24, 2.45) is 5.92 Å². The fourth-order valence-electron chi connectivity index (χ4n) is 2.43. The fourth-order valence-corrected chi connectivity index (χ4v) is 2.43. The molecule has 1 rings (SSSR count). The second kappa shape index (κ2) is 10.2. The van der Waals surface area contributed by atoms with Crippen molar-refractivity contribution in [1.82, 2.24) is 4.90 Å². The molecule has 0 aromatic heterocycles. The molecule has 0 aliphatic carbocycles.